The normalized spacial score (nSPS) is 15.8. The maximum absolute atomic E-state index is 2.27. The van der Waals surface area contributed by atoms with Crippen LogP contribution in [0.3, 0.4) is 0 Å². The second-order valence-electron chi connectivity index (χ2n) is 4.60. The summed E-state index contributed by atoms with van der Waals surface area (Å²) in [6, 6.07) is 13.3. The summed E-state index contributed by atoms with van der Waals surface area (Å²) >= 11 is 3.98. The molecule has 0 spiro atoms. The minimum absolute atomic E-state index is 1.12. The van der Waals surface area contributed by atoms with E-state index in [0.29, 0.717) is 0 Å². The van der Waals surface area contributed by atoms with Crippen LogP contribution >= 0.6 is 23.5 Å². The number of hydrogen-bond donors (Lipinski definition) is 0. The molecular weight excluding hydrogens is 256 g/mol. The highest BCUT2D eigenvalue weighted by Gasteiger charge is 2.18. The topological polar surface area (TPSA) is 0 Å². The number of hydrogen-bond acceptors (Lipinski definition) is 2. The molecule has 0 aromatic heterocycles. The standard InChI is InChI=1S/C16H12S2/c1-3-11-7-8-12-4-2-6-14-10-17-9-13(5-1)15(11)18-16(12)14/h1-8H,9-10H2. The maximum atomic E-state index is 2.27. The smallest absolute Gasteiger partial charge is 0.0235 e. The van der Waals surface area contributed by atoms with Crippen molar-refractivity contribution in [1.29, 1.82) is 0 Å². The Bertz CT molecular complexity index is 601. The molecule has 0 unspecified atom stereocenters. The van der Waals surface area contributed by atoms with E-state index in [2.05, 4.69) is 48.6 Å². The van der Waals surface area contributed by atoms with Gasteiger partial charge >= 0.3 is 0 Å². The third kappa shape index (κ3) is 1.63. The van der Waals surface area contributed by atoms with Crippen LogP contribution in [0.5, 0.6) is 0 Å². The molecule has 18 heavy (non-hydrogen) atoms. The Labute approximate surface area is 115 Å². The lowest BCUT2D eigenvalue weighted by atomic mass is 10.1. The van der Waals surface area contributed by atoms with Gasteiger partial charge in [-0.15, -0.1) is 0 Å². The fourth-order valence-corrected chi connectivity index (χ4v) is 4.96. The Morgan fingerprint density at radius 3 is 1.83 bits per heavy atom. The van der Waals surface area contributed by atoms with Gasteiger partial charge < -0.3 is 0 Å². The molecule has 0 amide bonds. The van der Waals surface area contributed by atoms with E-state index in [1.165, 1.54) is 32.0 Å². The van der Waals surface area contributed by atoms with Crippen molar-refractivity contribution in [2.24, 2.45) is 0 Å². The van der Waals surface area contributed by atoms with Gasteiger partial charge in [0.05, 0.1) is 0 Å². The molecule has 2 heterocycles. The first-order valence-electron chi connectivity index (χ1n) is 6.09. The number of rotatable bonds is 0. The minimum atomic E-state index is 1.12. The third-order valence-electron chi connectivity index (χ3n) is 3.42. The molecule has 0 N–H and O–H groups in total. The molecule has 0 fully saturated rings. The predicted molar refractivity (Wildman–Crippen MR) is 80.9 cm³/mol. The summed E-state index contributed by atoms with van der Waals surface area (Å²) in [5.41, 5.74) is 5.69. The minimum Gasteiger partial charge on any atom is -0.152 e. The quantitative estimate of drug-likeness (QED) is 0.558. The summed E-state index contributed by atoms with van der Waals surface area (Å²) in [5.74, 6) is 2.24. The van der Waals surface area contributed by atoms with Crippen molar-refractivity contribution in [3.63, 3.8) is 0 Å². The van der Waals surface area contributed by atoms with Crippen LogP contribution in [0.15, 0.2) is 46.2 Å². The van der Waals surface area contributed by atoms with Gasteiger partial charge in [-0.2, -0.15) is 11.8 Å². The van der Waals surface area contributed by atoms with Crippen LogP contribution < -0.4 is 0 Å². The molecule has 2 aliphatic rings. The molecule has 2 aliphatic heterocycles. The van der Waals surface area contributed by atoms with E-state index < -0.39 is 0 Å². The van der Waals surface area contributed by atoms with Crippen molar-refractivity contribution in [2.75, 3.05) is 0 Å². The molecule has 0 saturated carbocycles. The molecule has 0 aliphatic carbocycles. The summed E-state index contributed by atoms with van der Waals surface area (Å²) in [5, 5.41) is 0. The average Bonchev–Trinajstić information content (AvgIpc) is 2.56. The van der Waals surface area contributed by atoms with Crippen LogP contribution in [0.4, 0.5) is 0 Å². The lowest BCUT2D eigenvalue weighted by Gasteiger charge is -2.17. The molecule has 4 rings (SSSR count). The summed E-state index contributed by atoms with van der Waals surface area (Å²) in [6.45, 7) is 0. The van der Waals surface area contributed by atoms with Crippen LogP contribution in [0, 0.1) is 0 Å². The van der Waals surface area contributed by atoms with Gasteiger partial charge in [0.2, 0.25) is 0 Å². The Morgan fingerprint density at radius 1 is 0.722 bits per heavy atom. The fourth-order valence-electron chi connectivity index (χ4n) is 2.50. The van der Waals surface area contributed by atoms with E-state index in [9.17, 15) is 0 Å². The van der Waals surface area contributed by atoms with Gasteiger partial charge in [0.1, 0.15) is 0 Å². The molecule has 2 aromatic carbocycles. The Kier molecular flexibility index (Phi) is 2.52. The van der Waals surface area contributed by atoms with Gasteiger partial charge in [-0.3, -0.25) is 0 Å². The van der Waals surface area contributed by atoms with E-state index in [4.69, 9.17) is 0 Å². The summed E-state index contributed by atoms with van der Waals surface area (Å²) in [6.07, 6.45) is 4.52. The SMILES string of the molecule is C1=Cc2cccc3c2Sc2c1cccc2CSC3. The number of thioether (sulfide) groups is 1. The summed E-state index contributed by atoms with van der Waals surface area (Å²) < 4.78 is 0. The first-order valence-corrected chi connectivity index (χ1v) is 8.06. The molecule has 2 aromatic rings. The van der Waals surface area contributed by atoms with Gasteiger partial charge in [-0.1, -0.05) is 60.3 Å². The van der Waals surface area contributed by atoms with Gasteiger partial charge in [0.15, 0.2) is 0 Å². The third-order valence-corrected chi connectivity index (χ3v) is 5.85. The van der Waals surface area contributed by atoms with Crippen molar-refractivity contribution in [3.05, 3.63) is 58.7 Å². The van der Waals surface area contributed by atoms with Gasteiger partial charge in [-0.25, -0.2) is 0 Å². The van der Waals surface area contributed by atoms with Gasteiger partial charge in [0.25, 0.3) is 0 Å². The van der Waals surface area contributed by atoms with Crippen molar-refractivity contribution in [3.8, 4) is 0 Å². The van der Waals surface area contributed by atoms with Crippen molar-refractivity contribution >= 4 is 35.7 Å². The molecule has 0 radical (unpaired) electrons. The van der Waals surface area contributed by atoms with Gasteiger partial charge in [0, 0.05) is 21.3 Å². The molecule has 0 nitrogen and oxygen atoms in total. The zero-order chi connectivity index (χ0) is 11.9. The first-order chi connectivity index (χ1) is 8.92. The average molecular weight is 268 g/mol. The molecule has 0 atom stereocenters. The summed E-state index contributed by atoms with van der Waals surface area (Å²) in [7, 11) is 0. The van der Waals surface area contributed by atoms with E-state index >= 15 is 0 Å². The van der Waals surface area contributed by atoms with Gasteiger partial charge in [-0.05, 0) is 22.3 Å². The van der Waals surface area contributed by atoms with E-state index in [1.54, 1.807) is 0 Å². The Morgan fingerprint density at radius 2 is 1.28 bits per heavy atom. The lowest BCUT2D eigenvalue weighted by molar-refractivity contribution is 1.19. The highest BCUT2D eigenvalue weighted by atomic mass is 32.2. The van der Waals surface area contributed by atoms with Crippen molar-refractivity contribution < 1.29 is 0 Å². The first kappa shape index (κ1) is 10.8. The van der Waals surface area contributed by atoms with E-state index in [0.717, 1.165) is 11.5 Å². The zero-order valence-corrected chi connectivity index (χ0v) is 11.5. The molecular formula is C16H12S2. The van der Waals surface area contributed by atoms with Crippen LogP contribution in [-0.2, 0) is 11.5 Å². The predicted octanol–water partition coefficient (Wildman–Crippen LogP) is 5.07. The largest absolute Gasteiger partial charge is 0.152 e. The molecule has 2 bridgehead atoms. The second-order valence-corrected chi connectivity index (χ2v) is 6.61. The highest BCUT2D eigenvalue weighted by Crippen LogP contribution is 2.44. The summed E-state index contributed by atoms with van der Waals surface area (Å²) in [4.78, 5) is 2.90. The highest BCUT2D eigenvalue weighted by molar-refractivity contribution is 8.00. The molecule has 0 saturated heterocycles. The maximum Gasteiger partial charge on any atom is 0.0235 e. The second kappa shape index (κ2) is 4.22. The number of benzene rings is 2. The van der Waals surface area contributed by atoms with Crippen LogP contribution in [0.1, 0.15) is 22.3 Å². The van der Waals surface area contributed by atoms with Crippen LogP contribution in [0.25, 0.3) is 12.2 Å². The Balaban J connectivity index is 2.04. The van der Waals surface area contributed by atoms with Crippen molar-refractivity contribution in [2.45, 2.75) is 21.3 Å². The van der Waals surface area contributed by atoms with Crippen LogP contribution in [0.2, 0.25) is 0 Å². The van der Waals surface area contributed by atoms with E-state index in [-0.39, 0.29) is 0 Å². The van der Waals surface area contributed by atoms with Crippen LogP contribution in [-0.4, -0.2) is 0 Å². The Hall–Kier alpha value is -1.12. The van der Waals surface area contributed by atoms with Crippen molar-refractivity contribution in [1.82, 2.24) is 0 Å². The van der Waals surface area contributed by atoms with E-state index in [1.807, 2.05) is 23.5 Å². The monoisotopic (exact) mass is 268 g/mol. The fraction of sp³-hybridized carbons (Fsp3) is 0.125. The molecule has 2 heteroatoms. The zero-order valence-electron chi connectivity index (χ0n) is 9.85. The molecule has 88 valence electrons. The lowest BCUT2D eigenvalue weighted by Crippen LogP contribution is -1.95.